The summed E-state index contributed by atoms with van der Waals surface area (Å²) in [5, 5.41) is 26.8. The van der Waals surface area contributed by atoms with E-state index in [0.717, 1.165) is 20.9 Å². The van der Waals surface area contributed by atoms with Crippen molar-refractivity contribution in [1.29, 1.82) is 0 Å². The topological polar surface area (TPSA) is 142 Å². The third-order valence-electron chi connectivity index (χ3n) is 7.43. The predicted octanol–water partition coefficient (Wildman–Crippen LogP) is 8.64. The Kier molecular flexibility index (Phi) is 10.4. The monoisotopic (exact) mass is 678 g/mol. The van der Waals surface area contributed by atoms with Crippen LogP contribution < -0.4 is 10.6 Å². The van der Waals surface area contributed by atoms with Gasteiger partial charge in [-0.15, -0.1) is 0 Å². The summed E-state index contributed by atoms with van der Waals surface area (Å²) >= 11 is 0. The number of nitrogens with one attached hydrogen (secondary N) is 2. The number of carboxylic acids is 2. The van der Waals surface area contributed by atoms with E-state index >= 15 is 0 Å². The van der Waals surface area contributed by atoms with Gasteiger partial charge in [-0.2, -0.15) is 0 Å². The molecule has 2 heterocycles. The van der Waals surface area contributed by atoms with Crippen molar-refractivity contribution in [2.75, 3.05) is 23.8 Å². The van der Waals surface area contributed by atoms with Crippen molar-refractivity contribution in [2.24, 2.45) is 0 Å². The molecule has 248 valence electrons. The summed E-state index contributed by atoms with van der Waals surface area (Å²) in [7, 11) is -1.49. The molecule has 2 unspecified atom stereocenters. The van der Waals surface area contributed by atoms with Crippen LogP contribution in [0.4, 0.5) is 10.0 Å². The van der Waals surface area contributed by atoms with Crippen molar-refractivity contribution < 1.29 is 34.1 Å². The van der Waals surface area contributed by atoms with Crippen LogP contribution >= 0.6 is 20.9 Å². The van der Waals surface area contributed by atoms with Gasteiger partial charge >= 0.3 is 11.9 Å². The Morgan fingerprint density at radius 2 is 0.936 bits per heavy atom. The molecule has 47 heavy (non-hydrogen) atoms. The Morgan fingerprint density at radius 3 is 1.21 bits per heavy atom. The van der Waals surface area contributed by atoms with Crippen molar-refractivity contribution in [1.82, 2.24) is 0 Å². The van der Waals surface area contributed by atoms with Crippen LogP contribution in [0.1, 0.15) is 72.0 Å². The number of carboxylic acid groups (broad SMARTS) is 2. The smallest absolute Gasteiger partial charge is 0.343 e. The maximum absolute atomic E-state index is 13.2. The van der Waals surface area contributed by atoms with E-state index in [1.165, 1.54) is 0 Å². The lowest BCUT2D eigenvalue weighted by Crippen LogP contribution is -2.25. The van der Waals surface area contributed by atoms with Crippen molar-refractivity contribution in [3.8, 4) is 22.3 Å². The van der Waals surface area contributed by atoms with Crippen molar-refractivity contribution >= 4 is 54.7 Å². The van der Waals surface area contributed by atoms with Crippen LogP contribution in [0.15, 0.2) is 60.7 Å². The quantitative estimate of drug-likeness (QED) is 0.123. The summed E-state index contributed by atoms with van der Waals surface area (Å²) in [4.78, 5) is 53.3. The standard InChI is InChI=1S/C36H40N2O7S2/c1-21-27(23-15-11-9-12-16-23)29(33(41)42)31(46(21)35(3,4)5)37-25(39)19-45-20-26(40)38-32-30(34(43)44)28(24-17-13-10-14-18-24)22(2)47(32)36(6,7)8/h9-18H,19-20H2,1-8H3,(H2-2,37,38,39,40,41,42,43,44)/p+2. The molecule has 9 nitrogen and oxygen atoms in total. The van der Waals surface area contributed by atoms with E-state index in [9.17, 15) is 29.4 Å². The van der Waals surface area contributed by atoms with E-state index < -0.39 is 67.4 Å². The van der Waals surface area contributed by atoms with Gasteiger partial charge in [0.1, 0.15) is 22.7 Å². The molecule has 0 aliphatic rings. The number of benzene rings is 2. The van der Waals surface area contributed by atoms with Gasteiger partial charge in [0.05, 0.1) is 11.1 Å². The molecule has 2 amide bonds. The molecule has 0 fully saturated rings. The zero-order valence-electron chi connectivity index (χ0n) is 27.9. The van der Waals surface area contributed by atoms with Crippen LogP contribution in [0.25, 0.3) is 22.3 Å². The first-order chi connectivity index (χ1) is 21.9. The molecule has 0 saturated heterocycles. The number of aromatic carboxylic acids is 2. The first-order valence-electron chi connectivity index (χ1n) is 15.1. The minimum atomic E-state index is -1.15. The van der Waals surface area contributed by atoms with Crippen molar-refractivity contribution in [2.45, 2.75) is 64.9 Å². The van der Waals surface area contributed by atoms with Crippen LogP contribution in [0.2, 0.25) is 0 Å². The SMILES string of the molecule is Cc1c(-c2ccccc2)c(C(=O)O)c(NC(=O)COCC(=O)Nc2c(C(=O)O)c(-c3ccccc3)c(C)[s+]2C(C)(C)C)[s+]1C(C)(C)C. The van der Waals surface area contributed by atoms with Crippen LogP contribution in [-0.2, 0) is 23.8 Å². The second-order valence-electron chi connectivity index (χ2n) is 13.0. The van der Waals surface area contributed by atoms with Crippen LogP contribution in [-0.4, -0.2) is 47.2 Å². The molecule has 0 saturated carbocycles. The molecule has 0 aliphatic heterocycles. The maximum Gasteiger partial charge on any atom is 0.343 e. The molecule has 0 aliphatic carbocycles. The van der Waals surface area contributed by atoms with Gasteiger partial charge in [0.2, 0.25) is 0 Å². The predicted molar refractivity (Wildman–Crippen MR) is 190 cm³/mol. The third kappa shape index (κ3) is 7.48. The lowest BCUT2D eigenvalue weighted by Gasteiger charge is -2.14. The number of hydrogen-bond donors (Lipinski definition) is 4. The molecule has 4 aromatic rings. The molecule has 2 aromatic heterocycles. The Hall–Kier alpha value is -4.32. The lowest BCUT2D eigenvalue weighted by molar-refractivity contribution is -0.125. The fourth-order valence-electron chi connectivity index (χ4n) is 5.93. The number of hydrogen-bond acceptors (Lipinski definition) is 5. The number of anilines is 2. The van der Waals surface area contributed by atoms with Crippen LogP contribution in [0.5, 0.6) is 0 Å². The average Bonchev–Trinajstić information content (AvgIpc) is 3.44. The summed E-state index contributed by atoms with van der Waals surface area (Å²) in [6.45, 7) is 14.7. The van der Waals surface area contributed by atoms with E-state index in [-0.39, 0.29) is 11.1 Å². The highest BCUT2D eigenvalue weighted by molar-refractivity contribution is 7.37. The van der Waals surface area contributed by atoms with E-state index in [0.29, 0.717) is 21.1 Å². The molecule has 0 spiro atoms. The highest BCUT2D eigenvalue weighted by atomic mass is 32.2. The molecular weight excluding hydrogens is 637 g/mol. The van der Waals surface area contributed by atoms with E-state index in [2.05, 4.69) is 10.6 Å². The van der Waals surface area contributed by atoms with E-state index in [1.54, 1.807) is 0 Å². The van der Waals surface area contributed by atoms with Gasteiger partial charge in [0, 0.05) is 34.8 Å². The van der Waals surface area contributed by atoms with Gasteiger partial charge in [-0.3, -0.25) is 20.2 Å². The van der Waals surface area contributed by atoms with Gasteiger partial charge in [-0.25, -0.2) is 9.59 Å². The maximum atomic E-state index is 13.2. The Morgan fingerprint density at radius 1 is 0.617 bits per heavy atom. The van der Waals surface area contributed by atoms with Gasteiger partial charge in [0.25, 0.3) is 21.8 Å². The second-order valence-corrected chi connectivity index (χ2v) is 18.8. The highest BCUT2D eigenvalue weighted by Crippen LogP contribution is 2.55. The highest BCUT2D eigenvalue weighted by Gasteiger charge is 2.43. The number of thiophene rings is 2. The van der Waals surface area contributed by atoms with E-state index in [1.807, 2.05) is 116 Å². The lowest BCUT2D eigenvalue weighted by atomic mass is 10.0. The molecule has 0 radical (unpaired) electrons. The largest absolute Gasteiger partial charge is 0.477 e. The zero-order valence-corrected chi connectivity index (χ0v) is 29.6. The summed E-state index contributed by atoms with van der Waals surface area (Å²) in [6, 6.07) is 18.4. The fourth-order valence-corrected chi connectivity index (χ4v) is 11.7. The Bertz CT molecular complexity index is 1690. The zero-order chi connectivity index (χ0) is 34.8. The minimum Gasteiger partial charge on any atom is -0.477 e. The summed E-state index contributed by atoms with van der Waals surface area (Å²) in [5.41, 5.74) is 2.74. The molecule has 4 N–H and O–H groups in total. The third-order valence-corrected chi connectivity index (χ3v) is 12.9. The minimum absolute atomic E-state index is 0.0405. The first-order valence-corrected chi connectivity index (χ1v) is 17.5. The van der Waals surface area contributed by atoms with Gasteiger partial charge in [-0.1, -0.05) is 60.7 Å². The normalized spacial score (nSPS) is 12.5. The van der Waals surface area contributed by atoms with Gasteiger partial charge in [-0.05, 0) is 52.7 Å². The Labute approximate surface area is 280 Å². The second kappa shape index (κ2) is 13.8. The molecule has 2 aromatic carbocycles. The summed E-state index contributed by atoms with van der Waals surface area (Å²) in [5.74, 6) is -3.49. The fraction of sp³-hybridized carbons (Fsp3) is 0.333. The number of carbonyl (C=O) groups is 4. The number of amides is 2. The molecular formula is C36H42N2O7S2+2. The number of rotatable bonds is 10. The Balaban J connectivity index is 1.58. The molecule has 0 bridgehead atoms. The van der Waals surface area contributed by atoms with Gasteiger partial charge in [0.15, 0.2) is 20.9 Å². The van der Waals surface area contributed by atoms with Gasteiger partial charge < -0.3 is 14.9 Å². The first kappa shape index (κ1) is 35.5. The summed E-state index contributed by atoms with van der Waals surface area (Å²) in [6.07, 6.45) is 0. The van der Waals surface area contributed by atoms with Crippen LogP contribution in [0, 0.1) is 13.8 Å². The van der Waals surface area contributed by atoms with Crippen molar-refractivity contribution in [3.63, 3.8) is 0 Å². The average molecular weight is 679 g/mol. The molecule has 11 heteroatoms. The van der Waals surface area contributed by atoms with E-state index in [4.69, 9.17) is 4.74 Å². The molecule has 2 atom stereocenters. The van der Waals surface area contributed by atoms with Crippen molar-refractivity contribution in [3.05, 3.63) is 81.5 Å². The van der Waals surface area contributed by atoms with Crippen LogP contribution in [0.3, 0.4) is 0 Å². The number of carbonyl (C=O) groups excluding carboxylic acids is 2. The number of ether oxygens (including phenoxy) is 1. The molecule has 4 rings (SSSR count). The summed E-state index contributed by atoms with van der Waals surface area (Å²) < 4.78 is 4.72.